The maximum atomic E-state index is 5.70. The number of likely N-dealkylation sites (N-methyl/N-ethyl adjacent to an activating group) is 1. The predicted molar refractivity (Wildman–Crippen MR) is 84.9 cm³/mol. The van der Waals surface area contributed by atoms with Crippen LogP contribution in [0.5, 0.6) is 0 Å². The fraction of sp³-hybridized carbons (Fsp3) is 0.800. The molecule has 5 heteroatoms. The lowest BCUT2D eigenvalue weighted by molar-refractivity contribution is 0.101. The zero-order valence-corrected chi connectivity index (χ0v) is 14.4. The van der Waals surface area contributed by atoms with Crippen molar-refractivity contribution >= 4 is 15.9 Å². The quantitative estimate of drug-likeness (QED) is 0.645. The Morgan fingerprint density at radius 2 is 2.15 bits per heavy atom. The lowest BCUT2D eigenvalue weighted by Crippen LogP contribution is -2.24. The van der Waals surface area contributed by atoms with Crippen molar-refractivity contribution in [1.29, 1.82) is 0 Å². The van der Waals surface area contributed by atoms with E-state index in [0.29, 0.717) is 0 Å². The van der Waals surface area contributed by atoms with Gasteiger partial charge in [-0.05, 0) is 55.1 Å². The highest BCUT2D eigenvalue weighted by Gasteiger charge is 2.21. The van der Waals surface area contributed by atoms with Gasteiger partial charge in [-0.2, -0.15) is 5.10 Å². The zero-order valence-electron chi connectivity index (χ0n) is 12.9. The highest BCUT2D eigenvalue weighted by atomic mass is 79.9. The van der Waals surface area contributed by atoms with Gasteiger partial charge in [0.2, 0.25) is 0 Å². The van der Waals surface area contributed by atoms with E-state index in [1.807, 2.05) is 0 Å². The second kappa shape index (κ2) is 7.57. The monoisotopic (exact) mass is 343 g/mol. The van der Waals surface area contributed by atoms with Gasteiger partial charge in [-0.1, -0.05) is 6.92 Å². The first-order chi connectivity index (χ1) is 9.65. The molecule has 1 heterocycles. The van der Waals surface area contributed by atoms with E-state index in [9.17, 15) is 0 Å². The average Bonchev–Trinajstić information content (AvgIpc) is 3.22. The summed E-state index contributed by atoms with van der Waals surface area (Å²) < 4.78 is 8.98. The van der Waals surface area contributed by atoms with Gasteiger partial charge in [-0.3, -0.25) is 9.58 Å². The third kappa shape index (κ3) is 4.30. The van der Waals surface area contributed by atoms with Crippen LogP contribution < -0.4 is 0 Å². The van der Waals surface area contributed by atoms with E-state index < -0.39 is 0 Å². The zero-order chi connectivity index (χ0) is 14.5. The fourth-order valence-corrected chi connectivity index (χ4v) is 2.95. The molecule has 20 heavy (non-hydrogen) atoms. The Balaban J connectivity index is 1.82. The van der Waals surface area contributed by atoms with E-state index in [-0.39, 0.29) is 0 Å². The first-order valence-corrected chi connectivity index (χ1v) is 8.45. The van der Waals surface area contributed by atoms with Crippen molar-refractivity contribution in [2.75, 3.05) is 26.8 Å². The largest absolute Gasteiger partial charge is 0.380 e. The molecule has 1 aliphatic carbocycles. The van der Waals surface area contributed by atoms with Crippen LogP contribution in [0.2, 0.25) is 0 Å². The van der Waals surface area contributed by atoms with E-state index in [4.69, 9.17) is 4.74 Å². The topological polar surface area (TPSA) is 30.3 Å². The number of ether oxygens (including phenoxy) is 1. The number of hydrogen-bond acceptors (Lipinski definition) is 3. The molecule has 0 amide bonds. The number of halogens is 1. The molecule has 0 unspecified atom stereocenters. The molecule has 0 bridgehead atoms. The molecule has 0 aromatic carbocycles. The summed E-state index contributed by atoms with van der Waals surface area (Å²) in [5.41, 5.74) is 2.43. The van der Waals surface area contributed by atoms with Crippen LogP contribution in [0.4, 0.5) is 0 Å². The third-order valence-corrected chi connectivity index (χ3v) is 4.70. The third-order valence-electron chi connectivity index (χ3n) is 3.78. The Bertz CT molecular complexity index is 429. The lowest BCUT2D eigenvalue weighted by Gasteiger charge is -2.17. The maximum absolute atomic E-state index is 5.70. The van der Waals surface area contributed by atoms with Crippen molar-refractivity contribution in [1.82, 2.24) is 14.7 Å². The standard InChI is InChI=1S/C15H26BrN3O/c1-4-13-15(16)14(19(5-2)17-13)10-18(3)8-9-20-11-12-6-7-12/h12H,4-11H2,1-3H3. The van der Waals surface area contributed by atoms with Gasteiger partial charge in [-0.15, -0.1) is 0 Å². The van der Waals surface area contributed by atoms with Gasteiger partial charge in [0.1, 0.15) is 0 Å². The normalized spacial score (nSPS) is 15.2. The Morgan fingerprint density at radius 3 is 2.75 bits per heavy atom. The Morgan fingerprint density at radius 1 is 1.40 bits per heavy atom. The maximum Gasteiger partial charge on any atom is 0.0767 e. The average molecular weight is 344 g/mol. The second-order valence-corrected chi connectivity index (χ2v) is 6.43. The minimum absolute atomic E-state index is 0.825. The summed E-state index contributed by atoms with van der Waals surface area (Å²) in [4.78, 5) is 2.31. The van der Waals surface area contributed by atoms with Crippen molar-refractivity contribution in [3.05, 3.63) is 15.9 Å². The number of rotatable bonds is 9. The number of hydrogen-bond donors (Lipinski definition) is 0. The molecular weight excluding hydrogens is 318 g/mol. The number of aryl methyl sites for hydroxylation is 2. The van der Waals surface area contributed by atoms with Crippen molar-refractivity contribution in [3.63, 3.8) is 0 Å². The number of nitrogens with zero attached hydrogens (tertiary/aromatic N) is 3. The molecule has 4 nitrogen and oxygen atoms in total. The van der Waals surface area contributed by atoms with Crippen molar-refractivity contribution in [2.24, 2.45) is 5.92 Å². The lowest BCUT2D eigenvalue weighted by atomic mass is 10.3. The Labute approximate surface area is 130 Å². The van der Waals surface area contributed by atoms with Crippen molar-refractivity contribution in [2.45, 2.75) is 46.2 Å². The van der Waals surface area contributed by atoms with Crippen LogP contribution in [-0.4, -0.2) is 41.5 Å². The Kier molecular flexibility index (Phi) is 6.05. The molecule has 1 aromatic heterocycles. The second-order valence-electron chi connectivity index (χ2n) is 5.63. The first-order valence-electron chi connectivity index (χ1n) is 7.66. The summed E-state index contributed by atoms with van der Waals surface area (Å²) in [5.74, 6) is 0.850. The molecule has 1 saturated carbocycles. The van der Waals surface area contributed by atoms with Gasteiger partial charge in [0.25, 0.3) is 0 Å². The Hall–Kier alpha value is -0.390. The smallest absolute Gasteiger partial charge is 0.0767 e. The van der Waals surface area contributed by atoms with Gasteiger partial charge >= 0.3 is 0 Å². The van der Waals surface area contributed by atoms with Gasteiger partial charge in [0, 0.05) is 26.2 Å². The molecule has 1 fully saturated rings. The van der Waals surface area contributed by atoms with Crippen LogP contribution in [0.3, 0.4) is 0 Å². The van der Waals surface area contributed by atoms with Crippen LogP contribution in [0.1, 0.15) is 38.1 Å². The van der Waals surface area contributed by atoms with Gasteiger partial charge in [0.15, 0.2) is 0 Å². The van der Waals surface area contributed by atoms with Crippen LogP contribution in [0.25, 0.3) is 0 Å². The molecule has 1 aliphatic rings. The SMILES string of the molecule is CCc1nn(CC)c(CN(C)CCOCC2CC2)c1Br. The predicted octanol–water partition coefficient (Wildman–Crippen LogP) is 3.09. The fourth-order valence-electron chi connectivity index (χ4n) is 2.26. The first kappa shape index (κ1) is 16.0. The van der Waals surface area contributed by atoms with Crippen LogP contribution in [0.15, 0.2) is 4.47 Å². The minimum Gasteiger partial charge on any atom is -0.380 e. The van der Waals surface area contributed by atoms with Crippen LogP contribution >= 0.6 is 15.9 Å². The summed E-state index contributed by atoms with van der Waals surface area (Å²) >= 11 is 3.70. The van der Waals surface area contributed by atoms with E-state index in [0.717, 1.165) is 50.9 Å². The molecule has 1 aromatic rings. The van der Waals surface area contributed by atoms with Gasteiger partial charge in [0.05, 0.1) is 22.5 Å². The molecule has 0 radical (unpaired) electrons. The van der Waals surface area contributed by atoms with E-state index in [1.54, 1.807) is 0 Å². The van der Waals surface area contributed by atoms with Crippen molar-refractivity contribution < 1.29 is 4.74 Å². The molecule has 0 saturated heterocycles. The van der Waals surface area contributed by atoms with E-state index in [1.165, 1.54) is 23.0 Å². The van der Waals surface area contributed by atoms with Gasteiger partial charge < -0.3 is 4.74 Å². The minimum atomic E-state index is 0.825. The number of aromatic nitrogens is 2. The van der Waals surface area contributed by atoms with E-state index >= 15 is 0 Å². The summed E-state index contributed by atoms with van der Waals surface area (Å²) in [6, 6.07) is 0. The summed E-state index contributed by atoms with van der Waals surface area (Å²) in [5, 5.41) is 4.64. The molecule has 2 rings (SSSR count). The van der Waals surface area contributed by atoms with Crippen molar-refractivity contribution in [3.8, 4) is 0 Å². The molecule has 0 aliphatic heterocycles. The van der Waals surface area contributed by atoms with Gasteiger partial charge in [-0.25, -0.2) is 0 Å². The van der Waals surface area contributed by atoms with Crippen LogP contribution in [-0.2, 0) is 24.2 Å². The summed E-state index contributed by atoms with van der Waals surface area (Å²) in [7, 11) is 2.14. The molecule has 0 atom stereocenters. The highest BCUT2D eigenvalue weighted by Crippen LogP contribution is 2.28. The molecular formula is C15H26BrN3O. The summed E-state index contributed by atoms with van der Waals surface area (Å²) in [6.45, 7) is 8.85. The van der Waals surface area contributed by atoms with E-state index in [2.05, 4.69) is 51.5 Å². The molecule has 0 spiro atoms. The van der Waals surface area contributed by atoms with Crippen LogP contribution in [0, 0.1) is 5.92 Å². The molecule has 0 N–H and O–H groups in total. The summed E-state index contributed by atoms with van der Waals surface area (Å²) in [6.07, 6.45) is 3.69. The molecule has 114 valence electrons. The highest BCUT2D eigenvalue weighted by molar-refractivity contribution is 9.10.